The standard InChI is InChI=1S/C19H27N5O2/c1-3-23-17(25)15-16(21(2)19(23)26)20-18-22(11-7-12-24(15)18)13-10-14-8-5-4-6-9-14/h4-6,8-9,15-16,18,20H,3,7,10-13H2,1-2H3. The topological polar surface area (TPSA) is 59.1 Å². The maximum Gasteiger partial charge on any atom is 0.327 e. The molecule has 0 aromatic heterocycles. The maximum absolute atomic E-state index is 12.9. The number of hydrogen-bond donors (Lipinski definition) is 1. The molecule has 3 saturated heterocycles. The highest BCUT2D eigenvalue weighted by Gasteiger charge is 2.55. The molecule has 7 heteroatoms. The zero-order valence-electron chi connectivity index (χ0n) is 15.5. The van der Waals surface area contributed by atoms with Gasteiger partial charge in [-0.05, 0) is 25.3 Å². The second-order valence-electron chi connectivity index (χ2n) is 7.27. The Hall–Kier alpha value is -1.96. The van der Waals surface area contributed by atoms with Crippen molar-refractivity contribution in [3.8, 4) is 0 Å². The molecule has 0 spiro atoms. The Bertz CT molecular complexity index is 682. The fourth-order valence-corrected chi connectivity index (χ4v) is 4.43. The molecule has 1 aromatic carbocycles. The molecule has 3 amide bonds. The number of imide groups is 1. The molecule has 26 heavy (non-hydrogen) atoms. The van der Waals surface area contributed by atoms with E-state index in [0.717, 1.165) is 32.5 Å². The molecule has 7 nitrogen and oxygen atoms in total. The first kappa shape index (κ1) is 17.5. The van der Waals surface area contributed by atoms with E-state index >= 15 is 0 Å². The van der Waals surface area contributed by atoms with Gasteiger partial charge in [-0.3, -0.25) is 24.8 Å². The van der Waals surface area contributed by atoms with Gasteiger partial charge in [0.05, 0.1) is 0 Å². The normalized spacial score (nSPS) is 29.8. The van der Waals surface area contributed by atoms with Crippen LogP contribution in [0.1, 0.15) is 18.9 Å². The van der Waals surface area contributed by atoms with E-state index in [9.17, 15) is 9.59 Å². The molecule has 1 aromatic rings. The summed E-state index contributed by atoms with van der Waals surface area (Å²) in [5.74, 6) is -0.0690. The van der Waals surface area contributed by atoms with Crippen LogP contribution < -0.4 is 5.32 Å². The van der Waals surface area contributed by atoms with E-state index in [2.05, 4.69) is 39.4 Å². The minimum Gasteiger partial charge on any atom is -0.310 e. The number of carbonyl (C=O) groups is 2. The first-order valence-electron chi connectivity index (χ1n) is 9.49. The first-order valence-corrected chi connectivity index (χ1v) is 9.49. The summed E-state index contributed by atoms with van der Waals surface area (Å²) in [6, 6.07) is 9.98. The third-order valence-corrected chi connectivity index (χ3v) is 5.81. The molecule has 3 heterocycles. The summed E-state index contributed by atoms with van der Waals surface area (Å²) in [4.78, 5) is 33.1. The molecule has 4 rings (SSSR count). The lowest BCUT2D eigenvalue weighted by Gasteiger charge is -2.43. The Balaban J connectivity index is 1.51. The summed E-state index contributed by atoms with van der Waals surface area (Å²) in [5, 5.41) is 3.55. The number of fused-ring (bicyclic) bond motifs is 3. The molecule has 3 atom stereocenters. The minimum absolute atomic E-state index is 0.0125. The molecule has 3 aliphatic heterocycles. The number of likely N-dealkylation sites (N-methyl/N-ethyl adjacent to an activating group) is 2. The minimum atomic E-state index is -0.290. The third-order valence-electron chi connectivity index (χ3n) is 5.81. The smallest absolute Gasteiger partial charge is 0.310 e. The number of nitrogens with one attached hydrogen (secondary N) is 1. The van der Waals surface area contributed by atoms with Crippen molar-refractivity contribution in [1.82, 2.24) is 24.9 Å². The van der Waals surface area contributed by atoms with Crippen molar-refractivity contribution in [2.45, 2.75) is 38.3 Å². The van der Waals surface area contributed by atoms with E-state index < -0.39 is 0 Å². The van der Waals surface area contributed by atoms with Crippen LogP contribution in [0, 0.1) is 0 Å². The van der Waals surface area contributed by atoms with Crippen LogP contribution >= 0.6 is 0 Å². The van der Waals surface area contributed by atoms with Crippen LogP contribution in [0.3, 0.4) is 0 Å². The van der Waals surface area contributed by atoms with Gasteiger partial charge in [0.25, 0.3) is 5.91 Å². The second-order valence-corrected chi connectivity index (χ2v) is 7.27. The summed E-state index contributed by atoms with van der Waals surface area (Å²) in [5.41, 5.74) is 1.32. The molecule has 140 valence electrons. The van der Waals surface area contributed by atoms with E-state index in [4.69, 9.17) is 0 Å². The molecule has 3 unspecified atom stereocenters. The molecule has 0 aliphatic carbocycles. The van der Waals surface area contributed by atoms with Crippen molar-refractivity contribution >= 4 is 11.9 Å². The Labute approximate surface area is 154 Å². The molecule has 3 aliphatic rings. The van der Waals surface area contributed by atoms with Crippen LogP contribution in [0.15, 0.2) is 30.3 Å². The monoisotopic (exact) mass is 357 g/mol. The quantitative estimate of drug-likeness (QED) is 0.861. The fraction of sp³-hybridized carbons (Fsp3) is 0.579. The third kappa shape index (κ3) is 2.80. The lowest BCUT2D eigenvalue weighted by Crippen LogP contribution is -2.66. The van der Waals surface area contributed by atoms with Gasteiger partial charge in [-0.15, -0.1) is 0 Å². The lowest BCUT2D eigenvalue weighted by molar-refractivity contribution is -0.139. The Morgan fingerprint density at radius 1 is 1.15 bits per heavy atom. The highest BCUT2D eigenvalue weighted by atomic mass is 16.2. The molecular weight excluding hydrogens is 330 g/mol. The van der Waals surface area contributed by atoms with E-state index in [1.54, 1.807) is 11.9 Å². The van der Waals surface area contributed by atoms with Crippen molar-refractivity contribution in [2.75, 3.05) is 33.2 Å². The Morgan fingerprint density at radius 2 is 1.92 bits per heavy atom. The van der Waals surface area contributed by atoms with E-state index in [0.29, 0.717) is 6.54 Å². The first-order chi connectivity index (χ1) is 12.6. The number of benzene rings is 1. The van der Waals surface area contributed by atoms with Crippen LogP contribution in [0.2, 0.25) is 0 Å². The summed E-state index contributed by atoms with van der Waals surface area (Å²) < 4.78 is 0. The van der Waals surface area contributed by atoms with Crippen molar-refractivity contribution in [3.63, 3.8) is 0 Å². The molecule has 0 saturated carbocycles. The average molecular weight is 357 g/mol. The van der Waals surface area contributed by atoms with E-state index in [1.807, 2.05) is 13.0 Å². The number of urea groups is 1. The van der Waals surface area contributed by atoms with Gasteiger partial charge in [0.1, 0.15) is 18.5 Å². The maximum atomic E-state index is 12.9. The van der Waals surface area contributed by atoms with Gasteiger partial charge in [0.2, 0.25) is 0 Å². The Kier molecular flexibility index (Phi) is 4.69. The van der Waals surface area contributed by atoms with Gasteiger partial charge in [-0.1, -0.05) is 30.3 Å². The largest absolute Gasteiger partial charge is 0.327 e. The predicted molar refractivity (Wildman–Crippen MR) is 98.1 cm³/mol. The Morgan fingerprint density at radius 3 is 2.65 bits per heavy atom. The van der Waals surface area contributed by atoms with E-state index in [1.165, 1.54) is 10.5 Å². The van der Waals surface area contributed by atoms with Crippen LogP contribution in [0.5, 0.6) is 0 Å². The van der Waals surface area contributed by atoms with Gasteiger partial charge >= 0.3 is 6.03 Å². The number of nitrogens with zero attached hydrogens (tertiary/aromatic N) is 4. The van der Waals surface area contributed by atoms with Crippen molar-refractivity contribution < 1.29 is 9.59 Å². The van der Waals surface area contributed by atoms with Gasteiger partial charge in [0.15, 0.2) is 0 Å². The molecule has 1 N–H and O–H groups in total. The van der Waals surface area contributed by atoms with Crippen LogP contribution in [-0.4, -0.2) is 83.3 Å². The van der Waals surface area contributed by atoms with Crippen LogP contribution in [0.4, 0.5) is 4.79 Å². The lowest BCUT2D eigenvalue weighted by atomic mass is 10.1. The van der Waals surface area contributed by atoms with Crippen molar-refractivity contribution in [3.05, 3.63) is 35.9 Å². The predicted octanol–water partition coefficient (Wildman–Crippen LogP) is 0.732. The number of rotatable bonds is 4. The second kappa shape index (κ2) is 6.98. The summed E-state index contributed by atoms with van der Waals surface area (Å²) >= 11 is 0. The molecule has 3 fully saturated rings. The van der Waals surface area contributed by atoms with Crippen LogP contribution in [0.25, 0.3) is 0 Å². The van der Waals surface area contributed by atoms with Crippen LogP contribution in [-0.2, 0) is 11.2 Å². The SMILES string of the molecule is CCN1C(=O)C2C(NC3N(CCc4ccccc4)CCCN23)N(C)C1=O. The number of hydrogen-bond acceptors (Lipinski definition) is 5. The highest BCUT2D eigenvalue weighted by Crippen LogP contribution is 2.30. The number of amides is 3. The van der Waals surface area contributed by atoms with Gasteiger partial charge in [0, 0.05) is 33.2 Å². The van der Waals surface area contributed by atoms with Crippen molar-refractivity contribution in [1.29, 1.82) is 0 Å². The van der Waals surface area contributed by atoms with Gasteiger partial charge in [-0.25, -0.2) is 4.79 Å². The zero-order chi connectivity index (χ0) is 18.3. The molecule has 0 radical (unpaired) electrons. The summed E-state index contributed by atoms with van der Waals surface area (Å²) in [7, 11) is 1.79. The number of carbonyl (C=O) groups excluding carboxylic acids is 2. The highest BCUT2D eigenvalue weighted by molar-refractivity contribution is 6.00. The molecular formula is C19H27N5O2. The van der Waals surface area contributed by atoms with Gasteiger partial charge in [-0.2, -0.15) is 0 Å². The van der Waals surface area contributed by atoms with Gasteiger partial charge < -0.3 is 4.90 Å². The fourth-order valence-electron chi connectivity index (χ4n) is 4.43. The van der Waals surface area contributed by atoms with Crippen molar-refractivity contribution in [2.24, 2.45) is 0 Å². The van der Waals surface area contributed by atoms with E-state index in [-0.39, 0.29) is 30.4 Å². The summed E-state index contributed by atoms with van der Waals surface area (Å²) in [6.45, 7) is 5.09. The zero-order valence-corrected chi connectivity index (χ0v) is 15.5. The summed E-state index contributed by atoms with van der Waals surface area (Å²) in [6.07, 6.45) is 1.78. The molecule has 0 bridgehead atoms. The average Bonchev–Trinajstić information content (AvgIpc) is 3.06.